The van der Waals surface area contributed by atoms with Crippen LogP contribution in [0.25, 0.3) is 21.8 Å². The number of phenolic OH excluding ortho intramolecular Hbond substituents is 1. The summed E-state index contributed by atoms with van der Waals surface area (Å²) in [4.78, 5) is 18.0. The van der Waals surface area contributed by atoms with Crippen molar-refractivity contribution in [1.29, 1.82) is 0 Å². The molecule has 0 saturated heterocycles. The van der Waals surface area contributed by atoms with Gasteiger partial charge in [0.1, 0.15) is 5.75 Å². The summed E-state index contributed by atoms with van der Waals surface area (Å²) in [5.41, 5.74) is 2.53. The van der Waals surface area contributed by atoms with Crippen LogP contribution in [0.5, 0.6) is 5.75 Å². The second kappa shape index (κ2) is 7.24. The first kappa shape index (κ1) is 17.7. The maximum Gasteiger partial charge on any atom is 0.291 e. The van der Waals surface area contributed by atoms with Crippen molar-refractivity contribution in [1.82, 2.24) is 9.55 Å². The molecule has 29 heavy (non-hydrogen) atoms. The third-order valence-electron chi connectivity index (χ3n) is 5.85. The largest absolute Gasteiger partial charge is 0.508 e. The minimum Gasteiger partial charge on any atom is -0.508 e. The van der Waals surface area contributed by atoms with E-state index in [1.54, 1.807) is 12.1 Å². The number of fused-ring (bicyclic) bond motifs is 2. The highest BCUT2D eigenvalue weighted by Crippen LogP contribution is 2.33. The lowest BCUT2D eigenvalue weighted by Crippen LogP contribution is -2.22. The maximum atomic E-state index is 13.3. The molecule has 5 heteroatoms. The number of aromatic hydroxyl groups is 1. The quantitative estimate of drug-likeness (QED) is 0.479. The van der Waals surface area contributed by atoms with Crippen LogP contribution in [0.1, 0.15) is 48.8 Å². The molecule has 0 bridgehead atoms. The Balaban J connectivity index is 1.57. The molecule has 0 spiro atoms. The van der Waals surface area contributed by atoms with Crippen molar-refractivity contribution in [2.75, 3.05) is 5.32 Å². The smallest absolute Gasteiger partial charge is 0.291 e. The van der Waals surface area contributed by atoms with E-state index in [4.69, 9.17) is 0 Å². The SMILES string of the molecule is O=C(Nc1cccc2ccc(O)cc12)c1nc2ccccc2n1C1CCCCC1. The summed E-state index contributed by atoms with van der Waals surface area (Å²) in [5, 5.41) is 14.7. The van der Waals surface area contributed by atoms with Crippen molar-refractivity contribution in [2.45, 2.75) is 38.1 Å². The van der Waals surface area contributed by atoms with Gasteiger partial charge in [-0.1, -0.05) is 49.6 Å². The molecule has 1 fully saturated rings. The van der Waals surface area contributed by atoms with Crippen LogP contribution in [0.3, 0.4) is 0 Å². The van der Waals surface area contributed by atoms with E-state index >= 15 is 0 Å². The number of benzene rings is 3. The maximum absolute atomic E-state index is 13.3. The van der Waals surface area contributed by atoms with Crippen LogP contribution in [0.4, 0.5) is 5.69 Å². The minimum atomic E-state index is -0.220. The van der Waals surface area contributed by atoms with E-state index in [1.165, 1.54) is 19.3 Å². The summed E-state index contributed by atoms with van der Waals surface area (Å²) in [6.07, 6.45) is 5.76. The fourth-order valence-corrected chi connectivity index (χ4v) is 4.46. The predicted octanol–water partition coefficient (Wildman–Crippen LogP) is 5.65. The van der Waals surface area contributed by atoms with Crippen LogP contribution in [0.15, 0.2) is 60.7 Å². The van der Waals surface area contributed by atoms with E-state index in [9.17, 15) is 9.90 Å². The van der Waals surface area contributed by atoms with E-state index in [0.29, 0.717) is 17.6 Å². The Bertz CT molecular complexity index is 1210. The summed E-state index contributed by atoms with van der Waals surface area (Å²) in [6, 6.07) is 19.1. The predicted molar refractivity (Wildman–Crippen MR) is 115 cm³/mol. The zero-order valence-electron chi connectivity index (χ0n) is 16.1. The molecule has 2 N–H and O–H groups in total. The van der Waals surface area contributed by atoms with E-state index in [0.717, 1.165) is 34.6 Å². The van der Waals surface area contributed by atoms with Gasteiger partial charge in [-0.15, -0.1) is 0 Å². The highest BCUT2D eigenvalue weighted by atomic mass is 16.3. The lowest BCUT2D eigenvalue weighted by molar-refractivity contribution is 0.101. The van der Waals surface area contributed by atoms with Crippen molar-refractivity contribution >= 4 is 33.4 Å². The third-order valence-corrected chi connectivity index (χ3v) is 5.85. The topological polar surface area (TPSA) is 67.2 Å². The molecule has 1 saturated carbocycles. The second-order valence-electron chi connectivity index (χ2n) is 7.75. The third kappa shape index (κ3) is 3.23. The van der Waals surface area contributed by atoms with Crippen molar-refractivity contribution in [3.05, 3.63) is 66.5 Å². The number of hydrogen-bond donors (Lipinski definition) is 2. The lowest BCUT2D eigenvalue weighted by atomic mass is 9.95. The van der Waals surface area contributed by atoms with Crippen molar-refractivity contribution in [2.24, 2.45) is 0 Å². The van der Waals surface area contributed by atoms with Gasteiger partial charge in [0.15, 0.2) is 0 Å². The number of carbonyl (C=O) groups excluding carboxylic acids is 1. The Kier molecular flexibility index (Phi) is 4.43. The minimum absolute atomic E-state index is 0.175. The number of para-hydroxylation sites is 2. The van der Waals surface area contributed by atoms with Gasteiger partial charge in [-0.25, -0.2) is 4.98 Å². The molecule has 0 unspecified atom stereocenters. The van der Waals surface area contributed by atoms with E-state index in [2.05, 4.69) is 14.9 Å². The Morgan fingerprint density at radius 3 is 2.69 bits per heavy atom. The van der Waals surface area contributed by atoms with Crippen molar-refractivity contribution in [3.63, 3.8) is 0 Å². The molecule has 0 radical (unpaired) electrons. The molecule has 4 aromatic rings. The summed E-state index contributed by atoms with van der Waals surface area (Å²) in [5.74, 6) is 0.409. The number of nitrogens with one attached hydrogen (secondary N) is 1. The molecular formula is C24H23N3O2. The Morgan fingerprint density at radius 1 is 1.00 bits per heavy atom. The molecular weight excluding hydrogens is 362 g/mol. The number of aromatic nitrogens is 2. The van der Waals surface area contributed by atoms with Crippen molar-refractivity contribution in [3.8, 4) is 5.75 Å². The van der Waals surface area contributed by atoms with Crippen LogP contribution in [0.2, 0.25) is 0 Å². The molecule has 3 aromatic carbocycles. The van der Waals surface area contributed by atoms with Gasteiger partial charge in [-0.2, -0.15) is 0 Å². The monoisotopic (exact) mass is 385 g/mol. The fraction of sp³-hybridized carbons (Fsp3) is 0.250. The average molecular weight is 385 g/mol. The number of anilines is 1. The molecule has 1 aliphatic rings. The van der Waals surface area contributed by atoms with Gasteiger partial charge in [-0.3, -0.25) is 4.79 Å². The first-order chi connectivity index (χ1) is 14.2. The standard InChI is InChI=1S/C24H23N3O2/c28-18-14-13-16-7-6-11-20(19(16)15-18)26-24(29)23-25-21-10-4-5-12-22(21)27(23)17-8-2-1-3-9-17/h4-7,10-15,17,28H,1-3,8-9H2,(H,26,29). The number of carbonyl (C=O) groups is 1. The summed E-state index contributed by atoms with van der Waals surface area (Å²) < 4.78 is 2.13. The fourth-order valence-electron chi connectivity index (χ4n) is 4.46. The van der Waals surface area contributed by atoms with Crippen LogP contribution in [-0.2, 0) is 0 Å². The van der Waals surface area contributed by atoms with Crippen LogP contribution < -0.4 is 5.32 Å². The summed E-state index contributed by atoms with van der Waals surface area (Å²) >= 11 is 0. The van der Waals surface area contributed by atoms with Gasteiger partial charge >= 0.3 is 0 Å². The lowest BCUT2D eigenvalue weighted by Gasteiger charge is -2.25. The Hall–Kier alpha value is -3.34. The van der Waals surface area contributed by atoms with Crippen LogP contribution >= 0.6 is 0 Å². The summed E-state index contributed by atoms with van der Waals surface area (Å²) in [6.45, 7) is 0. The van der Waals surface area contributed by atoms with Gasteiger partial charge in [0.05, 0.1) is 11.0 Å². The zero-order valence-corrected chi connectivity index (χ0v) is 16.1. The van der Waals surface area contributed by atoms with Gasteiger partial charge in [0.25, 0.3) is 5.91 Å². The number of rotatable bonds is 3. The Morgan fingerprint density at radius 2 is 1.83 bits per heavy atom. The second-order valence-corrected chi connectivity index (χ2v) is 7.75. The molecule has 1 aliphatic carbocycles. The molecule has 146 valence electrons. The van der Waals surface area contributed by atoms with Gasteiger partial charge < -0.3 is 15.0 Å². The molecule has 1 amide bonds. The summed E-state index contributed by atoms with van der Waals surface area (Å²) in [7, 11) is 0. The molecule has 0 aliphatic heterocycles. The van der Waals surface area contributed by atoms with E-state index in [1.807, 2.05) is 48.5 Å². The van der Waals surface area contributed by atoms with Gasteiger partial charge in [0.2, 0.25) is 5.82 Å². The first-order valence-electron chi connectivity index (χ1n) is 10.2. The first-order valence-corrected chi connectivity index (χ1v) is 10.2. The normalized spacial score (nSPS) is 15.0. The number of phenols is 1. The number of hydrogen-bond acceptors (Lipinski definition) is 3. The number of imidazole rings is 1. The zero-order chi connectivity index (χ0) is 19.8. The van der Waals surface area contributed by atoms with Crippen LogP contribution in [-0.4, -0.2) is 20.6 Å². The molecule has 0 atom stereocenters. The van der Waals surface area contributed by atoms with Crippen LogP contribution in [0, 0.1) is 0 Å². The van der Waals surface area contributed by atoms with Crippen molar-refractivity contribution < 1.29 is 9.90 Å². The van der Waals surface area contributed by atoms with Gasteiger partial charge in [0, 0.05) is 17.1 Å². The molecule has 5 rings (SSSR count). The molecule has 5 nitrogen and oxygen atoms in total. The number of amides is 1. The van der Waals surface area contributed by atoms with E-state index in [-0.39, 0.29) is 11.7 Å². The molecule has 1 aromatic heterocycles. The Labute approximate surface area is 169 Å². The highest BCUT2D eigenvalue weighted by molar-refractivity contribution is 6.09. The average Bonchev–Trinajstić information content (AvgIpc) is 3.14. The highest BCUT2D eigenvalue weighted by Gasteiger charge is 2.25. The van der Waals surface area contributed by atoms with Gasteiger partial charge in [-0.05, 0) is 48.6 Å². The van der Waals surface area contributed by atoms with E-state index < -0.39 is 0 Å². The molecule has 1 heterocycles. The number of nitrogens with zero attached hydrogens (tertiary/aromatic N) is 2.